The molecule has 0 saturated heterocycles. The average molecular weight is 374 g/mol. The molecular formula is C22H22N4O2. The Kier molecular flexibility index (Phi) is 5.69. The molecule has 6 nitrogen and oxygen atoms in total. The second kappa shape index (κ2) is 8.35. The number of carbonyl (C=O) groups excluding carboxylic acids is 2. The van der Waals surface area contributed by atoms with Crippen molar-refractivity contribution in [3.8, 4) is 0 Å². The fourth-order valence-electron chi connectivity index (χ4n) is 2.71. The van der Waals surface area contributed by atoms with Gasteiger partial charge in [-0.25, -0.2) is 0 Å². The third-order valence-corrected chi connectivity index (χ3v) is 4.34. The highest BCUT2D eigenvalue weighted by molar-refractivity contribution is 6.03. The maximum atomic E-state index is 12.5. The lowest BCUT2D eigenvalue weighted by molar-refractivity contribution is -0.114. The monoisotopic (exact) mass is 374 g/mol. The van der Waals surface area contributed by atoms with Gasteiger partial charge in [-0.05, 0) is 67.4 Å². The van der Waals surface area contributed by atoms with E-state index in [0.717, 1.165) is 16.9 Å². The van der Waals surface area contributed by atoms with Gasteiger partial charge in [0.15, 0.2) is 0 Å². The predicted molar refractivity (Wildman–Crippen MR) is 112 cm³/mol. The Morgan fingerprint density at radius 3 is 2.21 bits per heavy atom. The van der Waals surface area contributed by atoms with Crippen LogP contribution in [0, 0.1) is 13.8 Å². The van der Waals surface area contributed by atoms with E-state index >= 15 is 0 Å². The molecule has 3 rings (SSSR count). The molecule has 0 atom stereocenters. The molecular weight excluding hydrogens is 352 g/mol. The van der Waals surface area contributed by atoms with Crippen LogP contribution in [0.5, 0.6) is 0 Å². The van der Waals surface area contributed by atoms with E-state index in [4.69, 9.17) is 0 Å². The topological polar surface area (TPSA) is 83.1 Å². The van der Waals surface area contributed by atoms with Crippen molar-refractivity contribution in [1.82, 2.24) is 4.98 Å². The first-order valence-electron chi connectivity index (χ1n) is 8.90. The summed E-state index contributed by atoms with van der Waals surface area (Å²) in [5.41, 5.74) is 5.73. The van der Waals surface area contributed by atoms with Crippen LogP contribution in [0.2, 0.25) is 0 Å². The molecule has 0 aliphatic rings. The van der Waals surface area contributed by atoms with Gasteiger partial charge in [0.05, 0.1) is 0 Å². The molecule has 0 aliphatic carbocycles. The molecule has 0 radical (unpaired) electrons. The zero-order valence-electron chi connectivity index (χ0n) is 16.0. The van der Waals surface area contributed by atoms with Crippen molar-refractivity contribution in [3.05, 3.63) is 77.6 Å². The van der Waals surface area contributed by atoms with Crippen LogP contribution in [0.15, 0.2) is 60.8 Å². The van der Waals surface area contributed by atoms with Crippen molar-refractivity contribution in [1.29, 1.82) is 0 Å². The maximum absolute atomic E-state index is 12.5. The van der Waals surface area contributed by atoms with Gasteiger partial charge in [-0.15, -0.1) is 0 Å². The number of hydrogen-bond donors (Lipinski definition) is 3. The Labute approximate surface area is 164 Å². The van der Waals surface area contributed by atoms with Crippen molar-refractivity contribution in [2.45, 2.75) is 20.8 Å². The number of nitrogens with zero attached hydrogens (tertiary/aromatic N) is 1. The molecule has 28 heavy (non-hydrogen) atoms. The summed E-state index contributed by atoms with van der Waals surface area (Å²) in [5, 5.41) is 8.83. The molecule has 0 aliphatic heterocycles. The van der Waals surface area contributed by atoms with Gasteiger partial charge in [0.1, 0.15) is 5.69 Å². The molecule has 0 unspecified atom stereocenters. The third kappa shape index (κ3) is 4.73. The number of pyridine rings is 1. The first kappa shape index (κ1) is 19.1. The smallest absolute Gasteiger partial charge is 0.274 e. The number of amides is 2. The zero-order valence-corrected chi connectivity index (χ0v) is 16.0. The lowest BCUT2D eigenvalue weighted by Gasteiger charge is -2.12. The lowest BCUT2D eigenvalue weighted by atomic mass is 10.1. The number of benzene rings is 2. The van der Waals surface area contributed by atoms with Crippen LogP contribution in [0.3, 0.4) is 0 Å². The Hall–Kier alpha value is -3.67. The van der Waals surface area contributed by atoms with Gasteiger partial charge in [0, 0.05) is 35.9 Å². The van der Waals surface area contributed by atoms with E-state index in [1.165, 1.54) is 12.5 Å². The highest BCUT2D eigenvalue weighted by Crippen LogP contribution is 2.23. The minimum atomic E-state index is -0.308. The van der Waals surface area contributed by atoms with E-state index in [1.54, 1.807) is 36.5 Å². The van der Waals surface area contributed by atoms with E-state index in [1.807, 2.05) is 18.2 Å². The molecule has 1 heterocycles. The molecule has 2 amide bonds. The summed E-state index contributed by atoms with van der Waals surface area (Å²) in [5.74, 6) is -0.453. The Balaban J connectivity index is 1.71. The van der Waals surface area contributed by atoms with Gasteiger partial charge in [0.25, 0.3) is 5.91 Å². The summed E-state index contributed by atoms with van der Waals surface area (Å²) < 4.78 is 0. The molecule has 2 aromatic carbocycles. The van der Waals surface area contributed by atoms with Crippen molar-refractivity contribution >= 4 is 34.6 Å². The zero-order chi connectivity index (χ0) is 20.1. The first-order chi connectivity index (χ1) is 13.4. The number of nitrogens with one attached hydrogen (secondary N) is 3. The van der Waals surface area contributed by atoms with Crippen LogP contribution in [-0.4, -0.2) is 16.8 Å². The quantitative estimate of drug-likeness (QED) is 0.607. The van der Waals surface area contributed by atoms with Crippen LogP contribution in [0.25, 0.3) is 0 Å². The number of rotatable bonds is 5. The molecule has 6 heteroatoms. The van der Waals surface area contributed by atoms with E-state index in [2.05, 4.69) is 40.8 Å². The van der Waals surface area contributed by atoms with E-state index in [9.17, 15) is 9.59 Å². The SMILES string of the molecule is CC(=O)Nc1ccc(NC(=O)c2cc(Nc3cccc(C)c3C)ccn2)cc1. The standard InChI is InChI=1S/C22H22N4O2/c1-14-5-4-6-20(15(14)2)25-19-11-12-23-21(13-19)22(28)26-18-9-7-17(8-10-18)24-16(3)27/h4-13H,1-3H3,(H,23,25)(H,24,27)(H,26,28). The van der Waals surface area contributed by atoms with Crippen LogP contribution < -0.4 is 16.0 Å². The van der Waals surface area contributed by atoms with Crippen molar-refractivity contribution in [2.24, 2.45) is 0 Å². The summed E-state index contributed by atoms with van der Waals surface area (Å²) in [7, 11) is 0. The normalized spacial score (nSPS) is 10.2. The molecule has 3 N–H and O–H groups in total. The molecule has 3 aromatic rings. The molecule has 0 bridgehead atoms. The van der Waals surface area contributed by atoms with Gasteiger partial charge < -0.3 is 16.0 Å². The van der Waals surface area contributed by atoms with Gasteiger partial charge in [-0.1, -0.05) is 12.1 Å². The van der Waals surface area contributed by atoms with Crippen molar-refractivity contribution < 1.29 is 9.59 Å². The minimum absolute atomic E-state index is 0.144. The predicted octanol–water partition coefficient (Wildman–Crippen LogP) is 4.65. The Bertz CT molecular complexity index is 1010. The molecule has 0 spiro atoms. The van der Waals surface area contributed by atoms with Gasteiger partial charge in [0.2, 0.25) is 5.91 Å². The summed E-state index contributed by atoms with van der Waals surface area (Å²) in [6.07, 6.45) is 1.60. The number of hydrogen-bond acceptors (Lipinski definition) is 4. The first-order valence-corrected chi connectivity index (χ1v) is 8.90. The summed E-state index contributed by atoms with van der Waals surface area (Å²) in [4.78, 5) is 27.8. The summed E-state index contributed by atoms with van der Waals surface area (Å²) in [6.45, 7) is 5.56. The van der Waals surface area contributed by atoms with E-state index < -0.39 is 0 Å². The summed E-state index contributed by atoms with van der Waals surface area (Å²) >= 11 is 0. The fourth-order valence-corrected chi connectivity index (χ4v) is 2.71. The number of anilines is 4. The molecule has 142 valence electrons. The second-order valence-corrected chi connectivity index (χ2v) is 6.51. The highest BCUT2D eigenvalue weighted by atomic mass is 16.2. The number of aryl methyl sites for hydroxylation is 1. The van der Waals surface area contributed by atoms with Gasteiger partial charge in [-0.3, -0.25) is 14.6 Å². The average Bonchev–Trinajstić information content (AvgIpc) is 2.67. The van der Waals surface area contributed by atoms with Crippen LogP contribution in [0.1, 0.15) is 28.5 Å². The van der Waals surface area contributed by atoms with E-state index in [-0.39, 0.29) is 11.8 Å². The lowest BCUT2D eigenvalue weighted by Crippen LogP contribution is -2.14. The van der Waals surface area contributed by atoms with Gasteiger partial charge in [-0.2, -0.15) is 0 Å². The van der Waals surface area contributed by atoms with E-state index in [0.29, 0.717) is 17.1 Å². The largest absolute Gasteiger partial charge is 0.355 e. The minimum Gasteiger partial charge on any atom is -0.355 e. The molecule has 0 fully saturated rings. The third-order valence-electron chi connectivity index (χ3n) is 4.34. The second-order valence-electron chi connectivity index (χ2n) is 6.51. The van der Waals surface area contributed by atoms with Crippen molar-refractivity contribution in [2.75, 3.05) is 16.0 Å². The highest BCUT2D eigenvalue weighted by Gasteiger charge is 2.10. The number of carbonyl (C=O) groups is 2. The number of aromatic nitrogens is 1. The molecule has 1 aromatic heterocycles. The molecule has 0 saturated carbocycles. The van der Waals surface area contributed by atoms with Crippen LogP contribution in [-0.2, 0) is 4.79 Å². The fraction of sp³-hybridized carbons (Fsp3) is 0.136. The summed E-state index contributed by atoms with van der Waals surface area (Å²) in [6, 6.07) is 16.5. The van der Waals surface area contributed by atoms with Gasteiger partial charge >= 0.3 is 0 Å². The Morgan fingerprint density at radius 1 is 0.857 bits per heavy atom. The van der Waals surface area contributed by atoms with Crippen LogP contribution >= 0.6 is 0 Å². The Morgan fingerprint density at radius 2 is 1.54 bits per heavy atom. The van der Waals surface area contributed by atoms with Crippen LogP contribution in [0.4, 0.5) is 22.7 Å². The van der Waals surface area contributed by atoms with Crippen molar-refractivity contribution in [3.63, 3.8) is 0 Å². The maximum Gasteiger partial charge on any atom is 0.274 e.